The summed E-state index contributed by atoms with van der Waals surface area (Å²) in [5, 5.41) is 17.8. The van der Waals surface area contributed by atoms with Gasteiger partial charge in [0, 0.05) is 47.6 Å². The molecule has 1 aromatic carbocycles. The molecule has 0 aliphatic carbocycles. The van der Waals surface area contributed by atoms with Gasteiger partial charge in [-0.15, -0.1) is 0 Å². The van der Waals surface area contributed by atoms with Crippen molar-refractivity contribution in [1.82, 2.24) is 30.9 Å². The minimum atomic E-state index is -1.51. The average Bonchev–Trinajstić information content (AvgIpc) is 3.56. The molecule has 4 atom stereocenters. The quantitative estimate of drug-likeness (QED) is 0.104. The van der Waals surface area contributed by atoms with Gasteiger partial charge in [-0.3, -0.25) is 19.2 Å². The number of benzene rings is 1. The average molecular weight is 559 g/mol. The van der Waals surface area contributed by atoms with E-state index in [4.69, 9.17) is 11.5 Å². The number of carboxylic acids is 1. The molecule has 10 N–H and O–H groups in total. The number of aromatic amines is 2. The number of para-hydroxylation sites is 1. The van der Waals surface area contributed by atoms with Gasteiger partial charge in [0.25, 0.3) is 0 Å². The number of H-pyrrole nitrogens is 2. The van der Waals surface area contributed by atoms with Crippen molar-refractivity contribution >= 4 is 53.1 Å². The third-order valence-corrected chi connectivity index (χ3v) is 6.29. The highest BCUT2D eigenvalue weighted by Crippen LogP contribution is 2.19. The van der Waals surface area contributed by atoms with Crippen LogP contribution in [0.3, 0.4) is 0 Å². The topological polar surface area (TPSA) is 238 Å². The number of carbonyl (C=O) groups excluding carboxylic acids is 4. The first kappa shape index (κ1) is 29.2. The van der Waals surface area contributed by atoms with Crippen molar-refractivity contribution in [2.45, 2.75) is 43.4 Å². The maximum Gasteiger partial charge on any atom is 0.326 e. The zero-order valence-corrected chi connectivity index (χ0v) is 21.6. The van der Waals surface area contributed by atoms with Gasteiger partial charge in [-0.2, -0.15) is 12.6 Å². The minimum absolute atomic E-state index is 0.0178. The molecule has 15 heteroatoms. The lowest BCUT2D eigenvalue weighted by molar-refractivity contribution is -0.142. The highest BCUT2D eigenvalue weighted by molar-refractivity contribution is 7.80. The molecule has 2 aromatic heterocycles. The van der Waals surface area contributed by atoms with E-state index in [9.17, 15) is 29.1 Å². The number of thiol groups is 1. The molecule has 2 heterocycles. The first-order chi connectivity index (χ1) is 18.6. The van der Waals surface area contributed by atoms with Crippen LogP contribution in [0.1, 0.15) is 17.7 Å². The van der Waals surface area contributed by atoms with Gasteiger partial charge >= 0.3 is 5.97 Å². The molecule has 0 aliphatic rings. The molecule has 0 fully saturated rings. The second-order valence-corrected chi connectivity index (χ2v) is 9.19. The molecule has 4 unspecified atom stereocenters. The van der Waals surface area contributed by atoms with Gasteiger partial charge in [0.15, 0.2) is 0 Å². The largest absolute Gasteiger partial charge is 0.480 e. The van der Waals surface area contributed by atoms with Crippen LogP contribution in [-0.4, -0.2) is 79.6 Å². The summed E-state index contributed by atoms with van der Waals surface area (Å²) in [5.74, 6) is -4.63. The summed E-state index contributed by atoms with van der Waals surface area (Å²) in [7, 11) is 0. The number of hydrogen-bond acceptors (Lipinski definition) is 8. The van der Waals surface area contributed by atoms with E-state index in [-0.39, 0.29) is 18.6 Å². The number of nitrogens with one attached hydrogen (secondary N) is 5. The standard InChI is InChI=1S/C24H30N8O6S/c25-15(10-39)21(34)30-17(6-13-9-27-11-29-13)22(35)31-18(7-20(26)33)23(36)32-19(24(37)38)5-12-8-28-16-4-2-1-3-14(12)16/h1-4,8-9,11,15,17-19,28,39H,5-7,10,25H2,(H2,26,33)(H,27,29)(H,30,34)(H,31,35)(H,32,36)(H,37,38). The number of hydrogen-bond donors (Lipinski definition) is 9. The molecule has 14 nitrogen and oxygen atoms in total. The van der Waals surface area contributed by atoms with Crippen LogP contribution >= 0.6 is 12.6 Å². The van der Waals surface area contributed by atoms with Gasteiger partial charge in [-0.25, -0.2) is 9.78 Å². The molecule has 4 amide bonds. The summed E-state index contributed by atoms with van der Waals surface area (Å²) in [6, 6.07) is 2.15. The Morgan fingerprint density at radius 1 is 0.949 bits per heavy atom. The number of carboxylic acid groups (broad SMARTS) is 1. The van der Waals surface area contributed by atoms with E-state index in [2.05, 4.69) is 43.5 Å². The van der Waals surface area contributed by atoms with E-state index < -0.39 is 60.2 Å². The van der Waals surface area contributed by atoms with Gasteiger partial charge in [0.05, 0.1) is 18.8 Å². The SMILES string of the molecule is NC(=O)CC(NC(=O)C(Cc1cnc[nH]1)NC(=O)C(N)CS)C(=O)NC(Cc1c[nH]c2ccccc12)C(=O)O. The van der Waals surface area contributed by atoms with Crippen molar-refractivity contribution in [3.05, 3.63) is 54.2 Å². The molecule has 0 saturated heterocycles. The second-order valence-electron chi connectivity index (χ2n) is 8.83. The van der Waals surface area contributed by atoms with Crippen molar-refractivity contribution < 1.29 is 29.1 Å². The van der Waals surface area contributed by atoms with Crippen LogP contribution in [0.15, 0.2) is 43.0 Å². The summed E-state index contributed by atoms with van der Waals surface area (Å²) < 4.78 is 0. The van der Waals surface area contributed by atoms with Gasteiger partial charge < -0.3 is 42.5 Å². The Bertz CT molecular complexity index is 1330. The normalized spacial score (nSPS) is 14.1. The van der Waals surface area contributed by atoms with Crippen molar-refractivity contribution in [1.29, 1.82) is 0 Å². The Labute approximate surface area is 228 Å². The molecular formula is C24H30N8O6S. The maximum absolute atomic E-state index is 13.2. The Morgan fingerprint density at radius 2 is 1.62 bits per heavy atom. The number of carbonyl (C=O) groups is 5. The van der Waals surface area contributed by atoms with Crippen molar-refractivity contribution in [3.63, 3.8) is 0 Å². The van der Waals surface area contributed by atoms with Crippen LogP contribution in [0.2, 0.25) is 0 Å². The first-order valence-corrected chi connectivity index (χ1v) is 12.5. The molecule has 0 radical (unpaired) electrons. The summed E-state index contributed by atoms with van der Waals surface area (Å²) >= 11 is 3.98. The van der Waals surface area contributed by atoms with E-state index in [1.54, 1.807) is 12.3 Å². The predicted octanol–water partition coefficient (Wildman–Crippen LogP) is -1.65. The third kappa shape index (κ3) is 8.05. The monoisotopic (exact) mass is 558 g/mol. The van der Waals surface area contributed by atoms with Gasteiger partial charge in [0.1, 0.15) is 18.1 Å². The number of aliphatic carboxylic acids is 1. The lowest BCUT2D eigenvalue weighted by Gasteiger charge is -2.24. The second kappa shape index (κ2) is 13.4. The third-order valence-electron chi connectivity index (χ3n) is 5.90. The number of imidazole rings is 1. The van der Waals surface area contributed by atoms with Crippen molar-refractivity contribution in [3.8, 4) is 0 Å². The summed E-state index contributed by atoms with van der Waals surface area (Å²) in [5.41, 5.74) is 12.9. The highest BCUT2D eigenvalue weighted by Gasteiger charge is 2.32. The maximum atomic E-state index is 13.2. The smallest absolute Gasteiger partial charge is 0.326 e. The lowest BCUT2D eigenvalue weighted by Crippen LogP contribution is -2.58. The van der Waals surface area contributed by atoms with Crippen LogP contribution in [0.25, 0.3) is 10.9 Å². The zero-order chi connectivity index (χ0) is 28.5. The number of nitrogens with two attached hydrogens (primary N) is 2. The number of amides is 4. The Morgan fingerprint density at radius 3 is 2.26 bits per heavy atom. The molecular weight excluding hydrogens is 528 g/mol. The molecule has 0 saturated carbocycles. The number of primary amides is 1. The van der Waals surface area contributed by atoms with E-state index in [1.807, 2.05) is 18.2 Å². The molecule has 3 aromatic rings. The molecule has 39 heavy (non-hydrogen) atoms. The summed E-state index contributed by atoms with van der Waals surface area (Å²) in [6.07, 6.45) is 3.75. The van der Waals surface area contributed by atoms with Crippen LogP contribution in [-0.2, 0) is 36.8 Å². The minimum Gasteiger partial charge on any atom is -0.480 e. The molecule has 208 valence electrons. The van der Waals surface area contributed by atoms with E-state index in [0.717, 1.165) is 10.9 Å². The van der Waals surface area contributed by atoms with Crippen molar-refractivity contribution in [2.24, 2.45) is 11.5 Å². The van der Waals surface area contributed by atoms with Gasteiger partial charge in [-0.1, -0.05) is 18.2 Å². The number of aromatic nitrogens is 3. The fraction of sp³-hybridized carbons (Fsp3) is 0.333. The first-order valence-electron chi connectivity index (χ1n) is 11.9. The van der Waals surface area contributed by atoms with Crippen LogP contribution in [0, 0.1) is 0 Å². The Balaban J connectivity index is 1.76. The molecule has 0 bridgehead atoms. The summed E-state index contributed by atoms with van der Waals surface area (Å²) in [4.78, 5) is 72.0. The summed E-state index contributed by atoms with van der Waals surface area (Å²) in [6.45, 7) is 0. The predicted molar refractivity (Wildman–Crippen MR) is 143 cm³/mol. The van der Waals surface area contributed by atoms with E-state index in [1.165, 1.54) is 12.5 Å². The fourth-order valence-electron chi connectivity index (χ4n) is 3.86. The van der Waals surface area contributed by atoms with E-state index >= 15 is 0 Å². The highest BCUT2D eigenvalue weighted by atomic mass is 32.1. The van der Waals surface area contributed by atoms with Crippen molar-refractivity contribution in [2.75, 3.05) is 5.75 Å². The van der Waals surface area contributed by atoms with Crippen LogP contribution in [0.4, 0.5) is 0 Å². The number of fused-ring (bicyclic) bond motifs is 1. The van der Waals surface area contributed by atoms with Gasteiger partial charge in [-0.05, 0) is 11.6 Å². The number of nitrogens with zero attached hydrogens (tertiary/aromatic N) is 1. The lowest BCUT2D eigenvalue weighted by atomic mass is 10.0. The Hall–Kier alpha value is -4.37. The Kier molecular flexibility index (Phi) is 10.1. The fourth-order valence-corrected chi connectivity index (χ4v) is 4.03. The van der Waals surface area contributed by atoms with Crippen LogP contribution in [0.5, 0.6) is 0 Å². The zero-order valence-electron chi connectivity index (χ0n) is 20.7. The molecule has 0 aliphatic heterocycles. The van der Waals surface area contributed by atoms with Gasteiger partial charge in [0.2, 0.25) is 23.6 Å². The van der Waals surface area contributed by atoms with E-state index in [0.29, 0.717) is 11.3 Å². The van der Waals surface area contributed by atoms with Crippen LogP contribution < -0.4 is 27.4 Å². The molecule has 0 spiro atoms. The molecule has 3 rings (SSSR count). The number of rotatable bonds is 14.